The molecule has 4 atom stereocenters. The smallest absolute Gasteiger partial charge is 0.200 e. The number of ether oxygens (including phenoxy) is 1. The molecule has 0 aliphatic heterocycles. The monoisotopic (exact) mass is 430 g/mol. The number of allylic oxidation sites excluding steroid dienone is 1. The van der Waals surface area contributed by atoms with Crippen molar-refractivity contribution in [3.8, 4) is 5.75 Å². The van der Waals surface area contributed by atoms with Gasteiger partial charge in [-0.1, -0.05) is 38.0 Å². The summed E-state index contributed by atoms with van der Waals surface area (Å²) in [5, 5.41) is 0. The van der Waals surface area contributed by atoms with E-state index in [9.17, 15) is 8.78 Å². The normalized spacial score (nSPS) is 33.9. The zero-order valence-electron chi connectivity index (χ0n) is 19.4. The second kappa shape index (κ2) is 10.5. The van der Waals surface area contributed by atoms with E-state index in [-0.39, 0.29) is 18.3 Å². The maximum atomic E-state index is 14.8. The lowest BCUT2D eigenvalue weighted by atomic mass is 9.60. The Morgan fingerprint density at radius 2 is 1.48 bits per heavy atom. The van der Waals surface area contributed by atoms with Crippen LogP contribution in [0.2, 0.25) is 0 Å². The molecule has 31 heavy (non-hydrogen) atoms. The molecule has 0 spiro atoms. The van der Waals surface area contributed by atoms with Gasteiger partial charge in [0.15, 0.2) is 11.6 Å². The number of fused-ring (bicyclic) bond motifs is 1. The highest BCUT2D eigenvalue weighted by atomic mass is 19.2. The molecule has 3 heteroatoms. The average molecular weight is 431 g/mol. The summed E-state index contributed by atoms with van der Waals surface area (Å²) in [6, 6.07) is 3.36. The summed E-state index contributed by atoms with van der Waals surface area (Å²) < 4.78 is 34.6. The molecule has 0 bridgehead atoms. The summed E-state index contributed by atoms with van der Waals surface area (Å²) >= 11 is 0. The first-order valence-electron chi connectivity index (χ1n) is 12.8. The van der Waals surface area contributed by atoms with Gasteiger partial charge in [0.05, 0.1) is 0 Å². The van der Waals surface area contributed by atoms with E-state index in [1.807, 2.05) is 13.0 Å². The molecule has 172 valence electrons. The van der Waals surface area contributed by atoms with E-state index in [4.69, 9.17) is 4.74 Å². The van der Waals surface area contributed by atoms with Gasteiger partial charge in [-0.25, -0.2) is 4.39 Å². The van der Waals surface area contributed by atoms with Gasteiger partial charge in [0.2, 0.25) is 5.82 Å². The summed E-state index contributed by atoms with van der Waals surface area (Å²) in [6.07, 6.45) is 17.9. The summed E-state index contributed by atoms with van der Waals surface area (Å²) in [6.45, 7) is 4.50. The van der Waals surface area contributed by atoms with Crippen molar-refractivity contribution in [3.05, 3.63) is 41.5 Å². The van der Waals surface area contributed by atoms with Crippen LogP contribution in [0.5, 0.6) is 5.75 Å². The average Bonchev–Trinajstić information content (AvgIpc) is 2.81. The van der Waals surface area contributed by atoms with E-state index >= 15 is 0 Å². The lowest BCUT2D eigenvalue weighted by molar-refractivity contribution is 0.0628. The van der Waals surface area contributed by atoms with Crippen molar-refractivity contribution in [1.29, 1.82) is 0 Å². The standard InChI is InChI=1S/C28H40F2O/c1-3-5-16-31-26-15-14-25(27(29)28(26)30)21-10-8-20(9-11-21)23-13-12-22-17-19(4-2)6-7-24(22)18-23/h3,5,14-15,19-24H,4,6-13,16-18H2,1-2H3/b5-3+. The molecule has 3 fully saturated rings. The van der Waals surface area contributed by atoms with Crippen LogP contribution < -0.4 is 4.74 Å². The van der Waals surface area contributed by atoms with Crippen LogP contribution in [-0.4, -0.2) is 6.61 Å². The number of rotatable bonds is 6. The molecule has 3 aliphatic rings. The zero-order valence-corrected chi connectivity index (χ0v) is 19.4. The Balaban J connectivity index is 1.31. The minimum absolute atomic E-state index is 0.0163. The van der Waals surface area contributed by atoms with Gasteiger partial charge in [-0.2, -0.15) is 4.39 Å². The molecule has 1 aromatic rings. The van der Waals surface area contributed by atoms with Crippen molar-refractivity contribution < 1.29 is 13.5 Å². The molecule has 3 saturated carbocycles. The Labute approximate surface area is 187 Å². The topological polar surface area (TPSA) is 9.23 Å². The van der Waals surface area contributed by atoms with Crippen LogP contribution >= 0.6 is 0 Å². The fourth-order valence-electron chi connectivity index (χ4n) is 6.93. The van der Waals surface area contributed by atoms with Crippen LogP contribution in [0.25, 0.3) is 0 Å². The third-order valence-electron chi connectivity index (χ3n) is 8.87. The molecule has 0 amide bonds. The summed E-state index contributed by atoms with van der Waals surface area (Å²) in [4.78, 5) is 0. The van der Waals surface area contributed by atoms with E-state index in [0.29, 0.717) is 5.56 Å². The Morgan fingerprint density at radius 3 is 2.19 bits per heavy atom. The quantitative estimate of drug-likeness (QED) is 0.411. The third-order valence-corrected chi connectivity index (χ3v) is 8.87. The minimum atomic E-state index is -0.829. The van der Waals surface area contributed by atoms with Crippen molar-refractivity contribution in [1.82, 2.24) is 0 Å². The lowest BCUT2D eigenvalue weighted by Gasteiger charge is -2.45. The maximum absolute atomic E-state index is 14.8. The molecule has 0 radical (unpaired) electrons. The summed E-state index contributed by atoms with van der Waals surface area (Å²) in [5.74, 6) is 3.21. The van der Waals surface area contributed by atoms with Crippen molar-refractivity contribution >= 4 is 0 Å². The first-order chi connectivity index (χ1) is 15.1. The first-order valence-corrected chi connectivity index (χ1v) is 12.8. The Bertz CT molecular complexity index is 750. The van der Waals surface area contributed by atoms with Crippen molar-refractivity contribution in [3.63, 3.8) is 0 Å². The van der Waals surface area contributed by atoms with E-state index in [2.05, 4.69) is 6.92 Å². The second-order valence-corrected chi connectivity index (χ2v) is 10.5. The van der Waals surface area contributed by atoms with Crippen molar-refractivity contribution in [2.24, 2.45) is 29.6 Å². The highest BCUT2D eigenvalue weighted by Crippen LogP contribution is 2.50. The Kier molecular flexibility index (Phi) is 7.72. The highest BCUT2D eigenvalue weighted by Gasteiger charge is 2.38. The molecule has 1 nitrogen and oxygen atoms in total. The number of benzene rings is 1. The van der Waals surface area contributed by atoms with Crippen molar-refractivity contribution in [2.75, 3.05) is 6.61 Å². The third kappa shape index (κ3) is 5.17. The van der Waals surface area contributed by atoms with Gasteiger partial charge in [0, 0.05) is 0 Å². The van der Waals surface area contributed by atoms with Gasteiger partial charge in [-0.15, -0.1) is 0 Å². The van der Waals surface area contributed by atoms with Gasteiger partial charge in [-0.3, -0.25) is 0 Å². The predicted molar refractivity (Wildman–Crippen MR) is 123 cm³/mol. The Hall–Kier alpha value is -1.38. The summed E-state index contributed by atoms with van der Waals surface area (Å²) in [5.41, 5.74) is 0.552. The van der Waals surface area contributed by atoms with Gasteiger partial charge in [-0.05, 0) is 112 Å². The van der Waals surface area contributed by atoms with Crippen LogP contribution in [0.3, 0.4) is 0 Å². The fourth-order valence-corrected chi connectivity index (χ4v) is 6.93. The number of hydrogen-bond acceptors (Lipinski definition) is 1. The number of halogens is 2. The summed E-state index contributed by atoms with van der Waals surface area (Å²) in [7, 11) is 0. The van der Waals surface area contributed by atoms with Gasteiger partial charge in [0.1, 0.15) is 6.61 Å². The van der Waals surface area contributed by atoms with E-state index < -0.39 is 11.6 Å². The minimum Gasteiger partial charge on any atom is -0.486 e. The molecular formula is C28H40F2O. The predicted octanol–water partition coefficient (Wildman–Crippen LogP) is 8.44. The van der Waals surface area contributed by atoms with Crippen LogP contribution in [-0.2, 0) is 0 Å². The maximum Gasteiger partial charge on any atom is 0.200 e. The van der Waals surface area contributed by atoms with Gasteiger partial charge in [0.25, 0.3) is 0 Å². The molecule has 0 N–H and O–H groups in total. The van der Waals surface area contributed by atoms with E-state index in [1.165, 1.54) is 57.8 Å². The van der Waals surface area contributed by atoms with Gasteiger partial charge >= 0.3 is 0 Å². The second-order valence-electron chi connectivity index (χ2n) is 10.5. The SMILES string of the molecule is C/C=C/COc1ccc(C2CCC(C3CCC4CC(CC)CCC4C3)CC2)c(F)c1F. The van der Waals surface area contributed by atoms with Crippen molar-refractivity contribution in [2.45, 2.75) is 90.4 Å². The van der Waals surface area contributed by atoms with Crippen LogP contribution in [0.1, 0.15) is 96.0 Å². The van der Waals surface area contributed by atoms with E-state index in [0.717, 1.165) is 42.4 Å². The van der Waals surface area contributed by atoms with Crippen LogP contribution in [0.4, 0.5) is 8.78 Å². The molecule has 4 rings (SSSR count). The molecule has 0 heterocycles. The lowest BCUT2D eigenvalue weighted by Crippen LogP contribution is -2.34. The molecular weight excluding hydrogens is 390 g/mol. The van der Waals surface area contributed by atoms with E-state index in [1.54, 1.807) is 18.2 Å². The zero-order chi connectivity index (χ0) is 21.8. The largest absolute Gasteiger partial charge is 0.486 e. The fraction of sp³-hybridized carbons (Fsp3) is 0.714. The van der Waals surface area contributed by atoms with Crippen LogP contribution in [0.15, 0.2) is 24.3 Å². The molecule has 3 aliphatic carbocycles. The molecule has 4 unspecified atom stereocenters. The molecule has 0 saturated heterocycles. The van der Waals surface area contributed by atoms with Gasteiger partial charge < -0.3 is 4.74 Å². The highest BCUT2D eigenvalue weighted by molar-refractivity contribution is 5.33. The number of hydrogen-bond donors (Lipinski definition) is 0. The molecule has 0 aromatic heterocycles. The first kappa shape index (κ1) is 22.8. The Morgan fingerprint density at radius 1 is 0.839 bits per heavy atom. The van der Waals surface area contributed by atoms with Crippen LogP contribution in [0, 0.1) is 41.2 Å². The molecule has 1 aromatic carbocycles.